The van der Waals surface area contributed by atoms with Gasteiger partial charge >= 0.3 is 0 Å². The Morgan fingerprint density at radius 2 is 2.33 bits per heavy atom. The van der Waals surface area contributed by atoms with E-state index in [1.807, 2.05) is 0 Å². The van der Waals surface area contributed by atoms with E-state index >= 15 is 0 Å². The first-order valence-electron chi connectivity index (χ1n) is 5.27. The van der Waals surface area contributed by atoms with Crippen molar-refractivity contribution in [2.75, 3.05) is 6.54 Å². The number of aliphatic hydroxyl groups is 1. The lowest BCUT2D eigenvalue weighted by molar-refractivity contribution is 0.160. The summed E-state index contributed by atoms with van der Waals surface area (Å²) >= 11 is 5.28. The van der Waals surface area contributed by atoms with Crippen molar-refractivity contribution in [2.45, 2.75) is 39.3 Å². The fourth-order valence-electron chi connectivity index (χ4n) is 1.40. The second-order valence-corrected chi connectivity index (χ2v) is 5.89. The zero-order valence-electron chi connectivity index (χ0n) is 9.22. The standard InChI is InChI=1S/C11H18BrNOS/c1-3-4-9(14)6-13-7-10-5-11(12)8(2)15-10/h5,9,13-14H,3-4,6-7H2,1-2H3. The second kappa shape index (κ2) is 6.63. The number of hydrogen-bond acceptors (Lipinski definition) is 3. The summed E-state index contributed by atoms with van der Waals surface area (Å²) in [5.41, 5.74) is 0. The molecule has 0 aromatic carbocycles. The van der Waals surface area contributed by atoms with Crippen LogP contribution in [0.2, 0.25) is 0 Å². The molecule has 1 aromatic heterocycles. The molecule has 0 aliphatic carbocycles. The number of halogens is 1. The van der Waals surface area contributed by atoms with Crippen molar-refractivity contribution < 1.29 is 5.11 Å². The van der Waals surface area contributed by atoms with E-state index in [1.165, 1.54) is 14.2 Å². The molecule has 1 heterocycles. The van der Waals surface area contributed by atoms with Crippen LogP contribution in [0.1, 0.15) is 29.5 Å². The summed E-state index contributed by atoms with van der Waals surface area (Å²) < 4.78 is 1.18. The van der Waals surface area contributed by atoms with E-state index in [-0.39, 0.29) is 6.10 Å². The van der Waals surface area contributed by atoms with Gasteiger partial charge in [0.05, 0.1) is 6.10 Å². The monoisotopic (exact) mass is 291 g/mol. The van der Waals surface area contributed by atoms with Gasteiger partial charge in [0.25, 0.3) is 0 Å². The molecule has 86 valence electrons. The van der Waals surface area contributed by atoms with Crippen LogP contribution in [0.15, 0.2) is 10.5 Å². The van der Waals surface area contributed by atoms with E-state index in [1.54, 1.807) is 11.3 Å². The average Bonchev–Trinajstić information content (AvgIpc) is 2.46. The van der Waals surface area contributed by atoms with Crippen LogP contribution in [0, 0.1) is 6.92 Å². The third-order valence-electron chi connectivity index (χ3n) is 2.21. The second-order valence-electron chi connectivity index (χ2n) is 3.69. The molecule has 2 N–H and O–H groups in total. The van der Waals surface area contributed by atoms with E-state index in [9.17, 15) is 5.11 Å². The van der Waals surface area contributed by atoms with Crippen LogP contribution in [0.5, 0.6) is 0 Å². The summed E-state index contributed by atoms with van der Waals surface area (Å²) in [6.07, 6.45) is 1.70. The van der Waals surface area contributed by atoms with E-state index in [0.29, 0.717) is 6.54 Å². The molecule has 0 saturated carbocycles. The van der Waals surface area contributed by atoms with Gasteiger partial charge < -0.3 is 10.4 Å². The third kappa shape index (κ3) is 4.64. The predicted octanol–water partition coefficient (Wildman–Crippen LogP) is 3.07. The molecule has 0 aliphatic rings. The lowest BCUT2D eigenvalue weighted by Crippen LogP contribution is -2.25. The maximum Gasteiger partial charge on any atom is 0.0664 e. The summed E-state index contributed by atoms with van der Waals surface area (Å²) in [4.78, 5) is 2.61. The molecule has 2 nitrogen and oxygen atoms in total. The molecule has 1 atom stereocenters. The van der Waals surface area contributed by atoms with Crippen LogP contribution >= 0.6 is 27.3 Å². The van der Waals surface area contributed by atoms with Crippen molar-refractivity contribution in [3.63, 3.8) is 0 Å². The van der Waals surface area contributed by atoms with Gasteiger partial charge in [-0.05, 0) is 35.3 Å². The number of nitrogens with one attached hydrogen (secondary N) is 1. The third-order valence-corrected chi connectivity index (χ3v) is 4.35. The molecule has 4 heteroatoms. The van der Waals surface area contributed by atoms with Crippen molar-refractivity contribution in [3.8, 4) is 0 Å². The highest BCUT2D eigenvalue weighted by atomic mass is 79.9. The zero-order chi connectivity index (χ0) is 11.3. The van der Waals surface area contributed by atoms with Crippen molar-refractivity contribution >= 4 is 27.3 Å². The van der Waals surface area contributed by atoms with Gasteiger partial charge in [-0.2, -0.15) is 0 Å². The van der Waals surface area contributed by atoms with Crippen molar-refractivity contribution in [1.29, 1.82) is 0 Å². The van der Waals surface area contributed by atoms with E-state index < -0.39 is 0 Å². The Morgan fingerprint density at radius 1 is 1.60 bits per heavy atom. The smallest absolute Gasteiger partial charge is 0.0664 e. The molecular weight excluding hydrogens is 274 g/mol. The molecule has 1 aromatic rings. The SMILES string of the molecule is CCCC(O)CNCc1cc(Br)c(C)s1. The van der Waals surface area contributed by atoms with Gasteiger partial charge in [0.15, 0.2) is 0 Å². The molecule has 0 bridgehead atoms. The molecular formula is C11H18BrNOS. The minimum atomic E-state index is -0.209. The number of aliphatic hydroxyl groups excluding tert-OH is 1. The fourth-order valence-corrected chi connectivity index (χ4v) is 2.97. The lowest BCUT2D eigenvalue weighted by Gasteiger charge is -2.09. The quantitative estimate of drug-likeness (QED) is 0.844. The molecule has 15 heavy (non-hydrogen) atoms. The first-order chi connectivity index (χ1) is 7.13. The van der Waals surface area contributed by atoms with Crippen molar-refractivity contribution in [1.82, 2.24) is 5.32 Å². The number of thiophene rings is 1. The summed E-state index contributed by atoms with van der Waals surface area (Å²) in [5.74, 6) is 0. The Labute approximate surface area is 104 Å². The maximum atomic E-state index is 9.52. The minimum absolute atomic E-state index is 0.209. The van der Waals surface area contributed by atoms with Crippen LogP contribution in [0.25, 0.3) is 0 Å². The van der Waals surface area contributed by atoms with Crippen LogP contribution in [-0.4, -0.2) is 17.8 Å². The van der Waals surface area contributed by atoms with Gasteiger partial charge in [-0.25, -0.2) is 0 Å². The number of aryl methyl sites for hydroxylation is 1. The van der Waals surface area contributed by atoms with Crippen molar-refractivity contribution in [3.05, 3.63) is 20.3 Å². The Kier molecular flexibility index (Phi) is 5.82. The van der Waals surface area contributed by atoms with E-state index in [4.69, 9.17) is 0 Å². The molecule has 0 radical (unpaired) electrons. The van der Waals surface area contributed by atoms with Crippen LogP contribution in [-0.2, 0) is 6.54 Å². The van der Waals surface area contributed by atoms with Gasteiger partial charge in [-0.3, -0.25) is 0 Å². The van der Waals surface area contributed by atoms with E-state index in [0.717, 1.165) is 19.4 Å². The average molecular weight is 292 g/mol. The molecule has 0 amide bonds. The first kappa shape index (κ1) is 13.2. The Bertz CT molecular complexity index is 281. The molecule has 0 aliphatic heterocycles. The summed E-state index contributed by atoms with van der Waals surface area (Å²) in [6.45, 7) is 5.72. The highest BCUT2D eigenvalue weighted by Gasteiger charge is 2.04. The Balaban J connectivity index is 2.25. The predicted molar refractivity (Wildman–Crippen MR) is 69.4 cm³/mol. The summed E-state index contributed by atoms with van der Waals surface area (Å²) in [6, 6.07) is 2.14. The maximum absolute atomic E-state index is 9.52. The van der Waals surface area contributed by atoms with Crippen LogP contribution in [0.3, 0.4) is 0 Å². The van der Waals surface area contributed by atoms with E-state index in [2.05, 4.69) is 41.2 Å². The fraction of sp³-hybridized carbons (Fsp3) is 0.636. The highest BCUT2D eigenvalue weighted by Crippen LogP contribution is 2.25. The topological polar surface area (TPSA) is 32.3 Å². The van der Waals surface area contributed by atoms with Gasteiger partial charge in [0.1, 0.15) is 0 Å². The summed E-state index contributed by atoms with van der Waals surface area (Å²) in [5, 5.41) is 12.8. The van der Waals surface area contributed by atoms with Gasteiger partial charge in [-0.15, -0.1) is 11.3 Å². The zero-order valence-corrected chi connectivity index (χ0v) is 11.6. The number of rotatable bonds is 6. The van der Waals surface area contributed by atoms with Gasteiger partial charge in [0, 0.05) is 27.3 Å². The van der Waals surface area contributed by atoms with Crippen LogP contribution < -0.4 is 5.32 Å². The Hall–Kier alpha value is 0.1000. The molecule has 1 rings (SSSR count). The van der Waals surface area contributed by atoms with Crippen LogP contribution in [0.4, 0.5) is 0 Å². The Morgan fingerprint density at radius 3 is 2.87 bits per heavy atom. The first-order valence-corrected chi connectivity index (χ1v) is 6.88. The minimum Gasteiger partial charge on any atom is -0.392 e. The van der Waals surface area contributed by atoms with Gasteiger partial charge in [-0.1, -0.05) is 13.3 Å². The lowest BCUT2D eigenvalue weighted by atomic mass is 10.2. The molecule has 0 fully saturated rings. The van der Waals surface area contributed by atoms with Crippen molar-refractivity contribution in [2.24, 2.45) is 0 Å². The molecule has 0 saturated heterocycles. The molecule has 1 unspecified atom stereocenters. The summed E-state index contributed by atoms with van der Waals surface area (Å²) in [7, 11) is 0. The normalized spacial score (nSPS) is 13.1. The number of hydrogen-bond donors (Lipinski definition) is 2. The van der Waals surface area contributed by atoms with Gasteiger partial charge in [0.2, 0.25) is 0 Å². The molecule has 0 spiro atoms. The largest absolute Gasteiger partial charge is 0.392 e. The highest BCUT2D eigenvalue weighted by molar-refractivity contribution is 9.10.